The number of Topliss-reactive ketones (excluding diaryl/α,β-unsaturated/α-hetero) is 1. The molecule has 3 aliphatic rings. The Labute approximate surface area is 237 Å². The van der Waals surface area contributed by atoms with Crippen molar-refractivity contribution in [3.05, 3.63) is 64.7 Å². The first-order valence-electron chi connectivity index (χ1n) is 14.4. The number of ether oxygens (including phenoxy) is 1. The number of hydrogen-bond donors (Lipinski definition) is 3. The molecule has 8 heteroatoms. The van der Waals surface area contributed by atoms with Crippen LogP contribution in [0.3, 0.4) is 0 Å². The molecule has 5 atom stereocenters. The predicted octanol–water partition coefficient (Wildman–Crippen LogP) is 3.25. The Kier molecular flexibility index (Phi) is 8.02. The molecule has 1 saturated heterocycles. The van der Waals surface area contributed by atoms with Crippen molar-refractivity contribution < 1.29 is 19.1 Å². The van der Waals surface area contributed by atoms with Crippen LogP contribution in [-0.2, 0) is 27.2 Å². The third-order valence-corrected chi connectivity index (χ3v) is 9.10. The van der Waals surface area contributed by atoms with Gasteiger partial charge in [0.2, 0.25) is 11.8 Å². The first-order valence-corrected chi connectivity index (χ1v) is 14.4. The molecule has 2 aliphatic heterocycles. The van der Waals surface area contributed by atoms with Crippen LogP contribution in [0.4, 0.5) is 0 Å². The molecule has 0 bridgehead atoms. The summed E-state index contributed by atoms with van der Waals surface area (Å²) < 4.78 is 5.54. The van der Waals surface area contributed by atoms with E-state index in [2.05, 4.69) is 54.1 Å². The number of amides is 2. The highest BCUT2D eigenvalue weighted by Gasteiger charge is 2.55. The van der Waals surface area contributed by atoms with E-state index < -0.39 is 23.5 Å². The molecule has 2 heterocycles. The van der Waals surface area contributed by atoms with E-state index in [0.717, 1.165) is 30.4 Å². The van der Waals surface area contributed by atoms with Crippen LogP contribution >= 0.6 is 0 Å². The molecule has 1 aliphatic carbocycles. The van der Waals surface area contributed by atoms with Crippen LogP contribution in [0.15, 0.2) is 42.5 Å². The van der Waals surface area contributed by atoms with E-state index in [1.807, 2.05) is 18.2 Å². The lowest BCUT2D eigenvalue weighted by Gasteiger charge is -2.35. The fourth-order valence-electron chi connectivity index (χ4n) is 6.91. The van der Waals surface area contributed by atoms with Crippen molar-refractivity contribution in [2.24, 2.45) is 5.41 Å². The minimum Gasteiger partial charge on any atom is -0.497 e. The summed E-state index contributed by atoms with van der Waals surface area (Å²) >= 11 is 0. The summed E-state index contributed by atoms with van der Waals surface area (Å²) in [5.41, 5.74) is 4.13. The molecular weight excluding hydrogens is 504 g/mol. The fourth-order valence-corrected chi connectivity index (χ4v) is 6.91. The van der Waals surface area contributed by atoms with Gasteiger partial charge in [0.25, 0.3) is 0 Å². The third kappa shape index (κ3) is 5.27. The smallest absolute Gasteiger partial charge is 0.246 e. The number of nitrogens with zero attached hydrogens (tertiary/aromatic N) is 1. The standard InChI is InChI=1S/C32H42N4O4/c1-19(33-4)30(38)35-26-15-21-13-14-22(40-5)16-24(21)27-17-32(2,3)29(36(27)31(26)39)28(37)18-34-25-12-8-10-20-9-6-7-11-23(20)25/h6-7,9,11,13-14,16,19,25-27,29,33-34H,8,10,12,15,17-18H2,1-5H3,(H,35,38)/t19-,25+,26-,27+,29-/m0/s1. The van der Waals surface area contributed by atoms with Crippen LogP contribution in [-0.4, -0.2) is 61.3 Å². The molecule has 0 radical (unpaired) electrons. The predicted molar refractivity (Wildman–Crippen MR) is 154 cm³/mol. The second-order valence-electron chi connectivity index (χ2n) is 12.2. The monoisotopic (exact) mass is 546 g/mol. The Balaban J connectivity index is 1.46. The number of methoxy groups -OCH3 is 1. The van der Waals surface area contributed by atoms with Crippen LogP contribution in [0.25, 0.3) is 0 Å². The summed E-state index contributed by atoms with van der Waals surface area (Å²) in [4.78, 5) is 43.0. The van der Waals surface area contributed by atoms with Gasteiger partial charge in [-0.05, 0) is 79.5 Å². The summed E-state index contributed by atoms with van der Waals surface area (Å²) in [5.74, 6) is 0.267. The Morgan fingerprint density at radius 2 is 1.88 bits per heavy atom. The van der Waals surface area contributed by atoms with E-state index >= 15 is 0 Å². The maximum atomic E-state index is 14.3. The highest BCUT2D eigenvalue weighted by molar-refractivity contribution is 5.96. The summed E-state index contributed by atoms with van der Waals surface area (Å²) in [7, 11) is 3.34. The van der Waals surface area contributed by atoms with Crippen molar-refractivity contribution >= 4 is 17.6 Å². The first-order chi connectivity index (χ1) is 19.1. The van der Waals surface area contributed by atoms with Gasteiger partial charge in [0.1, 0.15) is 11.8 Å². The van der Waals surface area contributed by atoms with Gasteiger partial charge in [0.05, 0.1) is 31.8 Å². The normalized spacial score (nSPS) is 25.7. The molecule has 2 amide bonds. The molecule has 8 nitrogen and oxygen atoms in total. The summed E-state index contributed by atoms with van der Waals surface area (Å²) in [6.07, 6.45) is 4.13. The first kappa shape index (κ1) is 28.3. The van der Waals surface area contributed by atoms with E-state index in [-0.39, 0.29) is 36.2 Å². The second-order valence-corrected chi connectivity index (χ2v) is 12.2. The molecule has 2 aromatic carbocycles. The van der Waals surface area contributed by atoms with Crippen molar-refractivity contribution in [3.63, 3.8) is 0 Å². The molecule has 2 aromatic rings. The maximum absolute atomic E-state index is 14.3. The number of ketones is 1. The molecule has 5 rings (SSSR count). The number of likely N-dealkylation sites (N-methyl/N-ethyl adjacent to an activating group) is 1. The van der Waals surface area contributed by atoms with Crippen LogP contribution in [0.1, 0.15) is 74.4 Å². The summed E-state index contributed by atoms with van der Waals surface area (Å²) in [6, 6.07) is 12.3. The quantitative estimate of drug-likeness (QED) is 0.470. The van der Waals surface area contributed by atoms with Crippen molar-refractivity contribution in [1.29, 1.82) is 0 Å². The van der Waals surface area contributed by atoms with Crippen LogP contribution in [0.2, 0.25) is 0 Å². The van der Waals surface area contributed by atoms with Gasteiger partial charge >= 0.3 is 0 Å². The van der Waals surface area contributed by atoms with Gasteiger partial charge in [0, 0.05) is 12.5 Å². The SMILES string of the molecule is CN[C@@H](C)C(=O)N[C@H]1Cc2ccc(OC)cc2[C@H]2CC(C)(C)[C@H](C(=O)CN[C@@H]3CCCc4ccccc43)N2C1=O. The Morgan fingerprint density at radius 3 is 2.62 bits per heavy atom. The number of hydrogen-bond acceptors (Lipinski definition) is 6. The lowest BCUT2D eigenvalue weighted by atomic mass is 9.80. The Bertz CT molecular complexity index is 1290. The fraction of sp³-hybridized carbons (Fsp3) is 0.531. The third-order valence-electron chi connectivity index (χ3n) is 9.10. The zero-order chi connectivity index (χ0) is 28.6. The highest BCUT2D eigenvalue weighted by Crippen LogP contribution is 2.50. The van der Waals surface area contributed by atoms with E-state index in [1.54, 1.807) is 26.0 Å². The molecule has 40 heavy (non-hydrogen) atoms. The second kappa shape index (κ2) is 11.3. The Hall–Kier alpha value is -3.23. The highest BCUT2D eigenvalue weighted by atomic mass is 16.5. The summed E-state index contributed by atoms with van der Waals surface area (Å²) in [5, 5.41) is 9.45. The zero-order valence-electron chi connectivity index (χ0n) is 24.3. The minimum absolute atomic E-state index is 0.00363. The number of rotatable bonds is 8. The number of aryl methyl sites for hydroxylation is 1. The number of fused-ring (bicyclic) bond motifs is 4. The van der Waals surface area contributed by atoms with Gasteiger partial charge in [-0.25, -0.2) is 0 Å². The topological polar surface area (TPSA) is 99.8 Å². The molecule has 0 spiro atoms. The number of carbonyl (C=O) groups excluding carboxylic acids is 3. The van der Waals surface area contributed by atoms with Gasteiger partial charge < -0.3 is 25.6 Å². The van der Waals surface area contributed by atoms with Crippen molar-refractivity contribution in [2.45, 2.75) is 83.1 Å². The zero-order valence-corrected chi connectivity index (χ0v) is 24.3. The van der Waals surface area contributed by atoms with E-state index in [9.17, 15) is 14.4 Å². The largest absolute Gasteiger partial charge is 0.497 e. The van der Waals surface area contributed by atoms with Gasteiger partial charge in [-0.15, -0.1) is 0 Å². The molecule has 0 unspecified atom stereocenters. The van der Waals surface area contributed by atoms with Crippen molar-refractivity contribution in [1.82, 2.24) is 20.9 Å². The lowest BCUT2D eigenvalue weighted by Crippen LogP contribution is -2.56. The van der Waals surface area contributed by atoms with Gasteiger partial charge in [0.15, 0.2) is 5.78 Å². The molecule has 0 saturated carbocycles. The van der Waals surface area contributed by atoms with Gasteiger partial charge in [-0.1, -0.05) is 44.2 Å². The number of carbonyl (C=O) groups is 3. The van der Waals surface area contributed by atoms with E-state index in [4.69, 9.17) is 4.74 Å². The molecule has 0 aromatic heterocycles. The maximum Gasteiger partial charge on any atom is 0.246 e. The lowest BCUT2D eigenvalue weighted by molar-refractivity contribution is -0.144. The number of nitrogens with one attached hydrogen (secondary N) is 3. The van der Waals surface area contributed by atoms with E-state index in [1.165, 1.54) is 11.1 Å². The van der Waals surface area contributed by atoms with Crippen LogP contribution < -0.4 is 20.7 Å². The minimum atomic E-state index is -0.761. The van der Waals surface area contributed by atoms with Gasteiger partial charge in [-0.2, -0.15) is 0 Å². The average molecular weight is 547 g/mol. The Morgan fingerprint density at radius 1 is 1.10 bits per heavy atom. The molecular formula is C32H42N4O4. The molecule has 214 valence electrons. The number of benzene rings is 2. The van der Waals surface area contributed by atoms with Crippen LogP contribution in [0.5, 0.6) is 5.75 Å². The van der Waals surface area contributed by atoms with Crippen LogP contribution in [0, 0.1) is 5.41 Å². The van der Waals surface area contributed by atoms with Crippen molar-refractivity contribution in [3.8, 4) is 5.75 Å². The van der Waals surface area contributed by atoms with E-state index in [0.29, 0.717) is 18.6 Å². The molecule has 3 N–H and O–H groups in total. The van der Waals surface area contributed by atoms with Gasteiger partial charge in [-0.3, -0.25) is 14.4 Å². The molecule has 1 fully saturated rings. The average Bonchev–Trinajstić information content (AvgIpc) is 3.20. The summed E-state index contributed by atoms with van der Waals surface area (Å²) in [6.45, 7) is 6.09. The van der Waals surface area contributed by atoms with Crippen molar-refractivity contribution in [2.75, 3.05) is 20.7 Å².